The van der Waals surface area contributed by atoms with Gasteiger partial charge in [0, 0.05) is 38.6 Å². The second-order valence-electron chi connectivity index (χ2n) is 9.07. The summed E-state index contributed by atoms with van der Waals surface area (Å²) in [4.78, 5) is 18.2. The summed E-state index contributed by atoms with van der Waals surface area (Å²) in [5.41, 5.74) is 0. The number of carbonyl (C=O) groups excluding carboxylic acids is 1. The molecule has 3 heterocycles. The predicted molar refractivity (Wildman–Crippen MR) is 104 cm³/mol. The van der Waals surface area contributed by atoms with Gasteiger partial charge in [-0.15, -0.1) is 0 Å². The molecule has 2 unspecified atom stereocenters. The van der Waals surface area contributed by atoms with Crippen molar-refractivity contribution in [3.8, 4) is 0 Å². The Morgan fingerprint density at radius 3 is 2.30 bits per heavy atom. The Morgan fingerprint density at radius 1 is 1.07 bits per heavy atom. The second kappa shape index (κ2) is 8.73. The fourth-order valence-corrected chi connectivity index (χ4v) is 5.08. The van der Waals surface area contributed by atoms with Crippen LogP contribution in [0.2, 0.25) is 0 Å². The van der Waals surface area contributed by atoms with E-state index in [0.29, 0.717) is 30.7 Å². The van der Waals surface area contributed by atoms with E-state index in [-0.39, 0.29) is 12.5 Å². The molecule has 0 spiro atoms. The van der Waals surface area contributed by atoms with Crippen molar-refractivity contribution in [1.82, 2.24) is 14.7 Å². The Bertz CT molecular complexity index is 502. The molecule has 0 aromatic heterocycles. The van der Waals surface area contributed by atoms with E-state index in [1.165, 1.54) is 0 Å². The highest BCUT2D eigenvalue weighted by atomic mass is 19.3. The first-order chi connectivity index (χ1) is 12.8. The van der Waals surface area contributed by atoms with E-state index >= 15 is 0 Å². The Morgan fingerprint density at radius 2 is 1.74 bits per heavy atom. The Hall–Kier alpha value is -0.750. The SMILES string of the molecule is CCC(C)C(=O)N1CCC(CC2CN(C3CCN(CC)CC3(F)F)C2)CC1. The lowest BCUT2D eigenvalue weighted by molar-refractivity contribution is -0.150. The zero-order chi connectivity index (χ0) is 19.6. The van der Waals surface area contributed by atoms with E-state index in [2.05, 4.69) is 6.92 Å². The Kier molecular flexibility index (Phi) is 6.78. The molecule has 0 bridgehead atoms. The van der Waals surface area contributed by atoms with Gasteiger partial charge in [0.15, 0.2) is 0 Å². The predicted octanol–water partition coefficient (Wildman–Crippen LogP) is 3.32. The number of likely N-dealkylation sites (tertiary alicyclic amines) is 3. The van der Waals surface area contributed by atoms with Crippen LogP contribution < -0.4 is 0 Å². The van der Waals surface area contributed by atoms with Crippen LogP contribution in [0.1, 0.15) is 52.9 Å². The van der Waals surface area contributed by atoms with Gasteiger partial charge in [0.05, 0.1) is 12.6 Å². The highest BCUT2D eigenvalue weighted by molar-refractivity contribution is 5.78. The van der Waals surface area contributed by atoms with Crippen molar-refractivity contribution in [3.63, 3.8) is 0 Å². The number of hydrogen-bond donors (Lipinski definition) is 0. The third-order valence-electron chi connectivity index (χ3n) is 7.14. The molecule has 1 amide bonds. The molecule has 2 atom stereocenters. The molecule has 4 nitrogen and oxygen atoms in total. The summed E-state index contributed by atoms with van der Waals surface area (Å²) in [5, 5.41) is 0. The average molecular weight is 386 g/mol. The standard InChI is InChI=1S/C21H37F2N3O/c1-4-16(3)20(27)25-10-6-17(7-11-25)12-18-13-26(14-18)19-8-9-24(5-2)15-21(19,22)23/h16-19H,4-15H2,1-3H3. The molecule has 3 aliphatic heterocycles. The zero-order valence-electron chi connectivity index (χ0n) is 17.3. The fraction of sp³-hybridized carbons (Fsp3) is 0.952. The van der Waals surface area contributed by atoms with E-state index in [1.54, 1.807) is 0 Å². The average Bonchev–Trinajstić information content (AvgIpc) is 2.63. The van der Waals surface area contributed by atoms with Crippen LogP contribution in [0.5, 0.6) is 0 Å². The molecule has 27 heavy (non-hydrogen) atoms. The maximum atomic E-state index is 14.5. The van der Waals surface area contributed by atoms with Crippen molar-refractivity contribution >= 4 is 5.91 Å². The molecule has 0 radical (unpaired) electrons. The first kappa shape index (κ1) is 21.0. The van der Waals surface area contributed by atoms with Crippen LogP contribution in [-0.2, 0) is 4.79 Å². The van der Waals surface area contributed by atoms with Crippen molar-refractivity contribution in [2.24, 2.45) is 17.8 Å². The van der Waals surface area contributed by atoms with Crippen LogP contribution in [-0.4, -0.2) is 78.4 Å². The smallest absolute Gasteiger partial charge is 0.275 e. The maximum Gasteiger partial charge on any atom is 0.275 e. The van der Waals surface area contributed by atoms with Crippen LogP contribution in [0.15, 0.2) is 0 Å². The molecule has 3 saturated heterocycles. The van der Waals surface area contributed by atoms with Crippen LogP contribution in [0.25, 0.3) is 0 Å². The van der Waals surface area contributed by atoms with Crippen molar-refractivity contribution in [1.29, 1.82) is 0 Å². The van der Waals surface area contributed by atoms with Crippen LogP contribution in [0, 0.1) is 17.8 Å². The van der Waals surface area contributed by atoms with Crippen LogP contribution >= 0.6 is 0 Å². The van der Waals surface area contributed by atoms with Crippen molar-refractivity contribution in [2.75, 3.05) is 45.8 Å². The van der Waals surface area contributed by atoms with Gasteiger partial charge in [0.25, 0.3) is 5.92 Å². The molecule has 156 valence electrons. The van der Waals surface area contributed by atoms with Gasteiger partial charge in [-0.1, -0.05) is 20.8 Å². The first-order valence-corrected chi connectivity index (χ1v) is 11.0. The molecule has 3 fully saturated rings. The lowest BCUT2D eigenvalue weighted by Crippen LogP contribution is -2.64. The minimum Gasteiger partial charge on any atom is -0.342 e. The quantitative estimate of drug-likeness (QED) is 0.702. The highest BCUT2D eigenvalue weighted by Crippen LogP contribution is 2.37. The topological polar surface area (TPSA) is 26.8 Å². The Labute approximate surface area is 163 Å². The van der Waals surface area contributed by atoms with E-state index in [1.807, 2.05) is 28.5 Å². The highest BCUT2D eigenvalue weighted by Gasteiger charge is 2.50. The maximum absolute atomic E-state index is 14.5. The molecule has 0 saturated carbocycles. The van der Waals surface area contributed by atoms with Gasteiger partial charge in [-0.25, -0.2) is 8.78 Å². The van der Waals surface area contributed by atoms with Crippen LogP contribution in [0.3, 0.4) is 0 Å². The van der Waals surface area contributed by atoms with Crippen molar-refractivity contribution < 1.29 is 13.6 Å². The van der Waals surface area contributed by atoms with Gasteiger partial charge >= 0.3 is 0 Å². The number of halogens is 2. The zero-order valence-corrected chi connectivity index (χ0v) is 17.3. The number of piperidine rings is 2. The number of hydrogen-bond acceptors (Lipinski definition) is 3. The third kappa shape index (κ3) is 4.81. The summed E-state index contributed by atoms with van der Waals surface area (Å²) in [6.45, 7) is 10.9. The van der Waals surface area contributed by atoms with Gasteiger partial charge < -0.3 is 4.90 Å². The summed E-state index contributed by atoms with van der Waals surface area (Å²) in [7, 11) is 0. The first-order valence-electron chi connectivity index (χ1n) is 11.0. The molecule has 0 aliphatic carbocycles. The monoisotopic (exact) mass is 385 g/mol. The van der Waals surface area contributed by atoms with Gasteiger partial charge in [-0.2, -0.15) is 0 Å². The summed E-state index contributed by atoms with van der Waals surface area (Å²) >= 11 is 0. The Balaban J connectivity index is 1.38. The van der Waals surface area contributed by atoms with E-state index in [0.717, 1.165) is 58.4 Å². The van der Waals surface area contributed by atoms with Gasteiger partial charge in [0.1, 0.15) is 0 Å². The van der Waals surface area contributed by atoms with Crippen molar-refractivity contribution in [3.05, 3.63) is 0 Å². The summed E-state index contributed by atoms with van der Waals surface area (Å²) < 4.78 is 28.9. The normalized spacial score (nSPS) is 29.5. The summed E-state index contributed by atoms with van der Waals surface area (Å²) in [5.74, 6) is -0.942. The number of carbonyl (C=O) groups is 1. The molecule has 3 rings (SSSR count). The minimum absolute atomic E-state index is 0.0853. The number of alkyl halides is 2. The molecule has 6 heteroatoms. The fourth-order valence-electron chi connectivity index (χ4n) is 5.08. The van der Waals surface area contributed by atoms with Gasteiger partial charge in [0.2, 0.25) is 5.91 Å². The minimum atomic E-state index is -2.58. The summed E-state index contributed by atoms with van der Waals surface area (Å²) in [6.07, 6.45) is 4.77. The molecule has 0 N–H and O–H groups in total. The lowest BCUT2D eigenvalue weighted by atomic mass is 9.81. The van der Waals surface area contributed by atoms with Crippen LogP contribution in [0.4, 0.5) is 8.78 Å². The van der Waals surface area contributed by atoms with Gasteiger partial charge in [-0.05, 0) is 50.5 Å². The lowest BCUT2D eigenvalue weighted by Gasteiger charge is -2.51. The van der Waals surface area contributed by atoms with E-state index in [4.69, 9.17) is 0 Å². The summed E-state index contributed by atoms with van der Waals surface area (Å²) in [6, 6.07) is -0.563. The van der Waals surface area contributed by atoms with E-state index in [9.17, 15) is 13.6 Å². The molecule has 0 aromatic rings. The largest absolute Gasteiger partial charge is 0.342 e. The molecule has 0 aromatic carbocycles. The number of amides is 1. The third-order valence-corrected chi connectivity index (χ3v) is 7.14. The van der Waals surface area contributed by atoms with E-state index < -0.39 is 12.0 Å². The molecule has 3 aliphatic rings. The number of rotatable bonds is 6. The second-order valence-corrected chi connectivity index (χ2v) is 9.07. The molecular formula is C21H37F2N3O. The van der Waals surface area contributed by atoms with Crippen molar-refractivity contribution in [2.45, 2.75) is 64.8 Å². The number of nitrogens with zero attached hydrogens (tertiary/aromatic N) is 3. The molecular weight excluding hydrogens is 348 g/mol. The van der Waals surface area contributed by atoms with Gasteiger partial charge in [-0.3, -0.25) is 14.6 Å².